The van der Waals surface area contributed by atoms with E-state index < -0.39 is 5.00 Å². The van der Waals surface area contributed by atoms with Gasteiger partial charge < -0.3 is 16.8 Å². The van der Waals surface area contributed by atoms with Crippen LogP contribution < -0.4 is 16.8 Å². The van der Waals surface area contributed by atoms with Gasteiger partial charge in [0.25, 0.3) is 0 Å². The van der Waals surface area contributed by atoms with Crippen molar-refractivity contribution >= 4 is 23.0 Å². The third kappa shape index (κ3) is 1.53. The number of nitrogens with one attached hydrogen (secondary N) is 1. The van der Waals surface area contributed by atoms with E-state index in [2.05, 4.69) is 11.9 Å². The van der Waals surface area contributed by atoms with Crippen LogP contribution in [0.3, 0.4) is 0 Å². The molecule has 1 aliphatic heterocycles. The smallest absolute Gasteiger partial charge is 0.158 e. The van der Waals surface area contributed by atoms with Gasteiger partial charge in [0.05, 0.1) is 11.4 Å². The van der Waals surface area contributed by atoms with Crippen molar-refractivity contribution in [2.75, 3.05) is 5.32 Å². The minimum atomic E-state index is -0.861. The van der Waals surface area contributed by atoms with Gasteiger partial charge in [-0.05, 0) is 6.07 Å². The summed E-state index contributed by atoms with van der Waals surface area (Å²) in [6, 6.07) is 7.67. The largest absolute Gasteiger partial charge is 0.397 e. The Morgan fingerprint density at radius 1 is 1.38 bits per heavy atom. The van der Waals surface area contributed by atoms with Gasteiger partial charge in [-0.25, -0.2) is 0 Å². The quantitative estimate of drug-likeness (QED) is 0.418. The summed E-state index contributed by atoms with van der Waals surface area (Å²) in [4.78, 5) is -0.861. The van der Waals surface area contributed by atoms with Crippen LogP contribution in [0.25, 0.3) is 5.70 Å². The molecule has 1 aromatic rings. The lowest BCUT2D eigenvalue weighted by molar-refractivity contribution is 0.741. The van der Waals surface area contributed by atoms with Crippen molar-refractivity contribution in [1.29, 1.82) is 0 Å². The van der Waals surface area contributed by atoms with E-state index in [1.807, 2.05) is 24.3 Å². The molecule has 0 bridgehead atoms. The lowest BCUT2D eigenvalue weighted by Gasteiger charge is -2.35. The number of rotatable bonds is 2. The molecule has 1 heterocycles. The van der Waals surface area contributed by atoms with Crippen LogP contribution in [-0.4, -0.2) is 5.00 Å². The van der Waals surface area contributed by atoms with Crippen LogP contribution in [-0.2, 0) is 0 Å². The maximum Gasteiger partial charge on any atom is 0.158 e. The van der Waals surface area contributed by atoms with Crippen molar-refractivity contribution in [2.24, 2.45) is 11.5 Å². The Kier molecular flexibility index (Phi) is 2.56. The Morgan fingerprint density at radius 3 is 2.75 bits per heavy atom. The maximum absolute atomic E-state index is 6.40. The summed E-state index contributed by atoms with van der Waals surface area (Å²) in [5.41, 5.74) is 14.7. The summed E-state index contributed by atoms with van der Waals surface area (Å²) >= 11 is 6.40. The minimum absolute atomic E-state index is 0.452. The maximum atomic E-state index is 6.40. The van der Waals surface area contributed by atoms with Gasteiger partial charge in [-0.2, -0.15) is 0 Å². The third-order valence-electron chi connectivity index (χ3n) is 2.69. The summed E-state index contributed by atoms with van der Waals surface area (Å²) in [6.07, 6.45) is 2.23. The fourth-order valence-corrected chi connectivity index (χ4v) is 2.14. The summed E-state index contributed by atoms with van der Waals surface area (Å²) in [7, 11) is 0. The standard InChI is InChI=1S/C12H14ClN3/c1-2-7-12(13)11(15)10(14)8-5-3-4-6-9(8)16-12/h2-6,16H,1,7,14-15H2. The number of fused-ring (bicyclic) bond motifs is 1. The molecule has 84 valence electrons. The second kappa shape index (κ2) is 3.76. The van der Waals surface area contributed by atoms with Crippen LogP contribution in [0, 0.1) is 0 Å². The summed E-state index contributed by atoms with van der Waals surface area (Å²) in [6.45, 7) is 3.67. The number of nitrogens with two attached hydrogens (primary N) is 2. The molecule has 0 spiro atoms. The molecule has 1 aliphatic rings. The number of alkyl halides is 1. The van der Waals surface area contributed by atoms with Crippen LogP contribution in [0.2, 0.25) is 0 Å². The van der Waals surface area contributed by atoms with Crippen molar-refractivity contribution in [2.45, 2.75) is 11.4 Å². The molecule has 0 saturated carbocycles. The Balaban J connectivity index is 2.55. The zero-order valence-corrected chi connectivity index (χ0v) is 9.59. The van der Waals surface area contributed by atoms with Crippen molar-refractivity contribution in [3.63, 3.8) is 0 Å². The van der Waals surface area contributed by atoms with Gasteiger partial charge in [-0.3, -0.25) is 0 Å². The van der Waals surface area contributed by atoms with Crippen LogP contribution >= 0.6 is 11.6 Å². The zero-order valence-electron chi connectivity index (χ0n) is 8.83. The number of hydrogen-bond acceptors (Lipinski definition) is 3. The van der Waals surface area contributed by atoms with Crippen LogP contribution in [0.15, 0.2) is 42.6 Å². The van der Waals surface area contributed by atoms with E-state index >= 15 is 0 Å². The molecule has 0 amide bonds. The van der Waals surface area contributed by atoms with Gasteiger partial charge in [0.1, 0.15) is 0 Å². The Hall–Kier alpha value is -1.61. The predicted molar refractivity (Wildman–Crippen MR) is 68.8 cm³/mol. The van der Waals surface area contributed by atoms with Gasteiger partial charge in [0.2, 0.25) is 0 Å². The molecule has 0 aromatic heterocycles. The van der Waals surface area contributed by atoms with E-state index in [4.69, 9.17) is 23.1 Å². The van der Waals surface area contributed by atoms with Crippen LogP contribution in [0.5, 0.6) is 0 Å². The first-order valence-corrected chi connectivity index (χ1v) is 5.39. The lowest BCUT2D eigenvalue weighted by atomic mass is 9.97. The Labute approximate surface area is 99.8 Å². The summed E-state index contributed by atoms with van der Waals surface area (Å²) < 4.78 is 0. The molecule has 0 aliphatic carbocycles. The van der Waals surface area contributed by atoms with Gasteiger partial charge in [-0.1, -0.05) is 35.9 Å². The fraction of sp³-hybridized carbons (Fsp3) is 0.167. The average Bonchev–Trinajstić information content (AvgIpc) is 2.27. The summed E-state index contributed by atoms with van der Waals surface area (Å²) in [5, 5.41) is 3.19. The van der Waals surface area contributed by atoms with Crippen molar-refractivity contribution < 1.29 is 0 Å². The first kappa shape index (κ1) is 10.9. The molecule has 1 aromatic carbocycles. The molecule has 3 nitrogen and oxygen atoms in total. The van der Waals surface area contributed by atoms with E-state index in [0.29, 0.717) is 17.8 Å². The number of benzene rings is 1. The minimum Gasteiger partial charge on any atom is -0.397 e. The van der Waals surface area contributed by atoms with E-state index in [-0.39, 0.29) is 0 Å². The SMILES string of the molecule is C=CCC1(Cl)Nc2ccccc2C(N)=C1N. The number of hydrogen-bond donors (Lipinski definition) is 3. The van der Waals surface area contributed by atoms with E-state index in [1.54, 1.807) is 6.08 Å². The summed E-state index contributed by atoms with van der Waals surface area (Å²) in [5.74, 6) is 0. The Morgan fingerprint density at radius 2 is 2.06 bits per heavy atom. The van der Waals surface area contributed by atoms with Crippen molar-refractivity contribution in [3.05, 3.63) is 48.2 Å². The monoisotopic (exact) mass is 235 g/mol. The Bertz CT molecular complexity index is 467. The third-order valence-corrected chi connectivity index (χ3v) is 3.15. The molecule has 0 fully saturated rings. The molecule has 2 rings (SSSR count). The van der Waals surface area contributed by atoms with Gasteiger partial charge in [-0.15, -0.1) is 6.58 Å². The molecule has 4 heteroatoms. The molecule has 1 unspecified atom stereocenters. The van der Waals surface area contributed by atoms with Crippen molar-refractivity contribution in [3.8, 4) is 0 Å². The first-order chi connectivity index (χ1) is 7.58. The van der Waals surface area contributed by atoms with Crippen LogP contribution in [0.1, 0.15) is 12.0 Å². The number of halogens is 1. The molecule has 1 atom stereocenters. The molecular formula is C12H14ClN3. The topological polar surface area (TPSA) is 64.1 Å². The highest BCUT2D eigenvalue weighted by Gasteiger charge is 2.35. The molecular weight excluding hydrogens is 222 g/mol. The second-order valence-corrected chi connectivity index (χ2v) is 4.44. The van der Waals surface area contributed by atoms with E-state index in [0.717, 1.165) is 11.3 Å². The fourth-order valence-electron chi connectivity index (χ4n) is 1.83. The highest BCUT2D eigenvalue weighted by Crippen LogP contribution is 2.38. The zero-order chi connectivity index (χ0) is 11.8. The number of anilines is 1. The van der Waals surface area contributed by atoms with E-state index in [9.17, 15) is 0 Å². The number of para-hydroxylation sites is 1. The molecule has 5 N–H and O–H groups in total. The van der Waals surface area contributed by atoms with Gasteiger partial charge in [0.15, 0.2) is 5.00 Å². The highest BCUT2D eigenvalue weighted by atomic mass is 35.5. The second-order valence-electron chi connectivity index (χ2n) is 3.79. The first-order valence-electron chi connectivity index (χ1n) is 5.01. The van der Waals surface area contributed by atoms with Gasteiger partial charge >= 0.3 is 0 Å². The van der Waals surface area contributed by atoms with Gasteiger partial charge in [0, 0.05) is 17.7 Å². The van der Waals surface area contributed by atoms with E-state index in [1.165, 1.54) is 0 Å². The molecule has 0 radical (unpaired) electrons. The normalized spacial score (nSPS) is 23.6. The van der Waals surface area contributed by atoms with Crippen LogP contribution in [0.4, 0.5) is 5.69 Å². The van der Waals surface area contributed by atoms with Crippen molar-refractivity contribution in [1.82, 2.24) is 0 Å². The molecule has 0 saturated heterocycles. The molecule has 16 heavy (non-hydrogen) atoms. The average molecular weight is 236 g/mol. The predicted octanol–water partition coefficient (Wildman–Crippen LogP) is 2.21. The highest BCUT2D eigenvalue weighted by molar-refractivity contribution is 6.28. The lowest BCUT2D eigenvalue weighted by Crippen LogP contribution is -2.42.